The van der Waals surface area contributed by atoms with E-state index in [-0.39, 0.29) is 28.6 Å². The minimum absolute atomic E-state index is 0.0978. The lowest BCUT2D eigenvalue weighted by molar-refractivity contribution is 0.0949. The van der Waals surface area contributed by atoms with Crippen LogP contribution in [0.25, 0.3) is 0 Å². The highest BCUT2D eigenvalue weighted by atomic mass is 16.6. The summed E-state index contributed by atoms with van der Waals surface area (Å²) >= 11 is 0. The lowest BCUT2D eigenvalue weighted by Crippen LogP contribution is -2.20. The van der Waals surface area contributed by atoms with Gasteiger partial charge in [0.15, 0.2) is 17.3 Å². The van der Waals surface area contributed by atoms with Gasteiger partial charge >= 0.3 is 0 Å². The highest BCUT2D eigenvalue weighted by Gasteiger charge is 2.57. The molecule has 0 spiro atoms. The first-order chi connectivity index (χ1) is 10.4. The fraction of sp³-hybridized carbons (Fsp3) is 0.471. The second kappa shape index (κ2) is 5.02. The number of carbonyl (C=O) groups is 1. The molecule has 0 bridgehead atoms. The summed E-state index contributed by atoms with van der Waals surface area (Å²) < 4.78 is 10.7. The highest BCUT2D eigenvalue weighted by Crippen LogP contribution is 2.47. The average molecular weight is 304 g/mol. The minimum Gasteiger partial charge on any atom is -0.507 e. The van der Waals surface area contributed by atoms with Crippen LogP contribution in [-0.4, -0.2) is 34.8 Å². The van der Waals surface area contributed by atoms with Gasteiger partial charge < -0.3 is 19.7 Å². The van der Waals surface area contributed by atoms with Gasteiger partial charge in [-0.15, -0.1) is 0 Å². The molecule has 0 radical (unpaired) electrons. The Morgan fingerprint density at radius 2 is 2.14 bits per heavy atom. The minimum atomic E-state index is -0.559. The number of phenolic OH excluding ortho intramolecular Hbond substituents is 2. The Morgan fingerprint density at radius 1 is 1.41 bits per heavy atom. The summed E-state index contributed by atoms with van der Waals surface area (Å²) in [6.45, 7) is 3.85. The molecule has 1 aromatic carbocycles. The van der Waals surface area contributed by atoms with Crippen LogP contribution < -0.4 is 4.74 Å². The van der Waals surface area contributed by atoms with Gasteiger partial charge in [0.2, 0.25) is 0 Å². The molecule has 1 saturated heterocycles. The molecule has 0 saturated carbocycles. The van der Waals surface area contributed by atoms with E-state index in [0.717, 1.165) is 18.4 Å². The average Bonchev–Trinajstić information content (AvgIpc) is 3.13. The second-order valence-electron chi connectivity index (χ2n) is 6.24. The van der Waals surface area contributed by atoms with Crippen molar-refractivity contribution < 1.29 is 24.5 Å². The van der Waals surface area contributed by atoms with Crippen LogP contribution in [0.2, 0.25) is 0 Å². The van der Waals surface area contributed by atoms with Gasteiger partial charge in [0.05, 0.1) is 12.7 Å². The lowest BCUT2D eigenvalue weighted by Gasteiger charge is -2.17. The van der Waals surface area contributed by atoms with Crippen molar-refractivity contribution in [1.29, 1.82) is 0 Å². The number of epoxide rings is 1. The number of allylic oxidation sites excluding steroid dienone is 2. The van der Waals surface area contributed by atoms with Crippen molar-refractivity contribution in [2.45, 2.75) is 44.8 Å². The van der Waals surface area contributed by atoms with Gasteiger partial charge in [0, 0.05) is 11.6 Å². The number of ether oxygens (including phenoxy) is 2. The molecule has 2 atom stereocenters. The highest BCUT2D eigenvalue weighted by molar-refractivity contribution is 6.06. The monoisotopic (exact) mass is 304 g/mol. The molecule has 1 aliphatic carbocycles. The van der Waals surface area contributed by atoms with Gasteiger partial charge in [0.1, 0.15) is 17.5 Å². The molecule has 0 amide bonds. The summed E-state index contributed by atoms with van der Waals surface area (Å²) in [6.07, 6.45) is 3.49. The first-order valence-electron chi connectivity index (χ1n) is 7.37. The SMILES string of the molecule is COc1cc(O)c2c(c1O)CC(C)=CCC[C@@]1(C)O[C@@H]1C2=O. The van der Waals surface area contributed by atoms with Crippen LogP contribution in [-0.2, 0) is 11.2 Å². The molecule has 5 nitrogen and oxygen atoms in total. The van der Waals surface area contributed by atoms with Crippen molar-refractivity contribution in [2.75, 3.05) is 7.11 Å². The fourth-order valence-electron chi connectivity index (χ4n) is 3.13. The number of methoxy groups -OCH3 is 1. The van der Waals surface area contributed by atoms with Gasteiger partial charge in [0.25, 0.3) is 0 Å². The number of hydrogen-bond donors (Lipinski definition) is 2. The number of fused-ring (bicyclic) bond motifs is 2. The van der Waals surface area contributed by atoms with Gasteiger partial charge in [-0.2, -0.15) is 0 Å². The van der Waals surface area contributed by atoms with Crippen LogP contribution in [0.4, 0.5) is 0 Å². The number of aromatic hydroxyl groups is 2. The van der Waals surface area contributed by atoms with Gasteiger partial charge in [-0.25, -0.2) is 0 Å². The predicted octanol–water partition coefficient (Wildman–Crippen LogP) is 2.73. The Balaban J connectivity index is 2.19. The number of carbonyl (C=O) groups excluding carboxylic acids is 1. The number of hydrogen-bond acceptors (Lipinski definition) is 5. The van der Waals surface area contributed by atoms with Crippen molar-refractivity contribution >= 4 is 5.78 Å². The van der Waals surface area contributed by atoms with Crippen LogP contribution in [0.3, 0.4) is 0 Å². The Bertz CT molecular complexity index is 676. The van der Waals surface area contributed by atoms with Gasteiger partial charge in [-0.3, -0.25) is 4.79 Å². The third-order valence-corrected chi connectivity index (χ3v) is 4.52. The standard InChI is InChI=1S/C17H20O5/c1-9-5-4-6-17(2)16(22-17)15(20)13-10(7-9)14(19)12(21-3)8-11(13)18/h5,8,16,18-19H,4,6-7H2,1-3H3/t16-,17-/m1/s1. The summed E-state index contributed by atoms with van der Waals surface area (Å²) in [5, 5.41) is 20.6. The number of benzene rings is 1. The number of ketones is 1. The first kappa shape index (κ1) is 14.9. The molecule has 0 unspecified atom stereocenters. The molecular weight excluding hydrogens is 284 g/mol. The van der Waals surface area contributed by atoms with Crippen LogP contribution in [0.15, 0.2) is 17.7 Å². The molecule has 0 aromatic heterocycles. The van der Waals surface area contributed by atoms with Crippen LogP contribution in [0.1, 0.15) is 42.6 Å². The summed E-state index contributed by atoms with van der Waals surface area (Å²) in [7, 11) is 1.41. The maximum atomic E-state index is 12.7. The van der Waals surface area contributed by atoms with Crippen molar-refractivity contribution in [3.8, 4) is 17.2 Å². The van der Waals surface area contributed by atoms with Crippen LogP contribution in [0, 0.1) is 0 Å². The van der Waals surface area contributed by atoms with Crippen molar-refractivity contribution in [2.24, 2.45) is 0 Å². The van der Waals surface area contributed by atoms with E-state index in [9.17, 15) is 15.0 Å². The largest absolute Gasteiger partial charge is 0.507 e. The van der Waals surface area contributed by atoms with Gasteiger partial charge in [-0.05, 0) is 33.1 Å². The number of Topliss-reactive ketones (excluding diaryl/α,β-unsaturated/α-hetero) is 1. The normalized spacial score (nSPS) is 27.5. The molecule has 1 fully saturated rings. The Kier molecular flexibility index (Phi) is 3.40. The summed E-state index contributed by atoms with van der Waals surface area (Å²) in [4.78, 5) is 12.7. The van der Waals surface area contributed by atoms with E-state index in [1.165, 1.54) is 13.2 Å². The summed E-state index contributed by atoms with van der Waals surface area (Å²) in [5.74, 6) is -0.392. The van der Waals surface area contributed by atoms with Crippen molar-refractivity contribution in [3.63, 3.8) is 0 Å². The molecular formula is C17H20O5. The van der Waals surface area contributed by atoms with E-state index in [1.54, 1.807) is 0 Å². The maximum Gasteiger partial charge on any atom is 0.198 e. The molecule has 1 aliphatic heterocycles. The Hall–Kier alpha value is -2.01. The smallest absolute Gasteiger partial charge is 0.198 e. The van der Waals surface area contributed by atoms with E-state index >= 15 is 0 Å². The third-order valence-electron chi connectivity index (χ3n) is 4.52. The zero-order valence-electron chi connectivity index (χ0n) is 13.0. The van der Waals surface area contributed by atoms with E-state index < -0.39 is 11.7 Å². The summed E-state index contributed by atoms with van der Waals surface area (Å²) in [5.41, 5.74) is 1.08. The van der Waals surface area contributed by atoms with Crippen LogP contribution >= 0.6 is 0 Å². The quantitative estimate of drug-likeness (QED) is 0.474. The molecule has 1 heterocycles. The van der Waals surface area contributed by atoms with E-state index in [4.69, 9.17) is 9.47 Å². The number of phenols is 2. The molecule has 118 valence electrons. The Labute approximate surface area is 129 Å². The molecule has 22 heavy (non-hydrogen) atoms. The number of rotatable bonds is 1. The lowest BCUT2D eigenvalue weighted by atomic mass is 9.88. The molecule has 2 aliphatic rings. The van der Waals surface area contributed by atoms with Crippen molar-refractivity contribution in [3.05, 3.63) is 28.8 Å². The summed E-state index contributed by atoms with van der Waals surface area (Å²) in [6, 6.07) is 1.27. The molecule has 5 heteroatoms. The van der Waals surface area contributed by atoms with Gasteiger partial charge in [-0.1, -0.05) is 11.6 Å². The van der Waals surface area contributed by atoms with Crippen molar-refractivity contribution in [1.82, 2.24) is 0 Å². The van der Waals surface area contributed by atoms with E-state index in [0.29, 0.717) is 12.0 Å². The Morgan fingerprint density at radius 3 is 2.82 bits per heavy atom. The second-order valence-corrected chi connectivity index (χ2v) is 6.24. The molecule has 2 N–H and O–H groups in total. The zero-order valence-corrected chi connectivity index (χ0v) is 13.0. The fourth-order valence-corrected chi connectivity index (χ4v) is 3.13. The molecule has 1 aromatic rings. The predicted molar refractivity (Wildman–Crippen MR) is 80.6 cm³/mol. The molecule has 3 rings (SSSR count). The van der Waals surface area contributed by atoms with E-state index in [2.05, 4.69) is 6.08 Å². The van der Waals surface area contributed by atoms with Crippen LogP contribution in [0.5, 0.6) is 17.2 Å². The third kappa shape index (κ3) is 2.25. The van der Waals surface area contributed by atoms with E-state index in [1.807, 2.05) is 13.8 Å². The maximum absolute atomic E-state index is 12.7. The zero-order chi connectivity index (χ0) is 16.1. The topological polar surface area (TPSA) is 79.3 Å². The first-order valence-corrected chi connectivity index (χ1v) is 7.37.